The predicted octanol–water partition coefficient (Wildman–Crippen LogP) is 3.01. The molecule has 1 N–H and O–H groups in total. The Kier molecular flexibility index (Phi) is 4.71. The Morgan fingerprint density at radius 2 is 1.96 bits per heavy atom. The summed E-state index contributed by atoms with van der Waals surface area (Å²) in [5.41, 5.74) is 0.728. The van der Waals surface area contributed by atoms with Gasteiger partial charge in [-0.15, -0.1) is 11.3 Å². The van der Waals surface area contributed by atoms with Crippen LogP contribution >= 0.6 is 11.3 Å². The zero-order valence-corrected chi connectivity index (χ0v) is 14.4. The van der Waals surface area contributed by atoms with Crippen LogP contribution in [0.4, 0.5) is 9.52 Å². The summed E-state index contributed by atoms with van der Waals surface area (Å²) >= 11 is 1.35. The van der Waals surface area contributed by atoms with Gasteiger partial charge in [0.15, 0.2) is 5.13 Å². The molecule has 0 bridgehead atoms. The van der Waals surface area contributed by atoms with Crippen molar-refractivity contribution in [3.63, 3.8) is 0 Å². The molecule has 0 saturated carbocycles. The molecule has 0 aliphatic carbocycles. The van der Waals surface area contributed by atoms with Crippen LogP contribution in [0.3, 0.4) is 0 Å². The molecule has 2 aromatic heterocycles. The number of aromatic nitrogens is 3. The van der Waals surface area contributed by atoms with Crippen LogP contribution in [0, 0.1) is 12.7 Å². The molecule has 3 rings (SSSR count). The minimum atomic E-state index is -0.822. The molecule has 0 spiro atoms. The van der Waals surface area contributed by atoms with E-state index in [-0.39, 0.29) is 11.7 Å². The van der Waals surface area contributed by atoms with Crippen molar-refractivity contribution in [2.45, 2.75) is 19.9 Å². The van der Waals surface area contributed by atoms with Crippen molar-refractivity contribution in [1.82, 2.24) is 14.8 Å². The number of carbonyl (C=O) groups excluding carboxylic acids is 1. The van der Waals surface area contributed by atoms with E-state index in [1.165, 1.54) is 29.5 Å². The molecular formula is C17H15FN4O2S. The number of anilines is 1. The summed E-state index contributed by atoms with van der Waals surface area (Å²) in [6, 6.07) is 7.81. The van der Waals surface area contributed by atoms with Crippen molar-refractivity contribution in [3.8, 4) is 11.3 Å². The van der Waals surface area contributed by atoms with Crippen LogP contribution < -0.4 is 10.9 Å². The van der Waals surface area contributed by atoms with Crippen molar-refractivity contribution in [3.05, 3.63) is 63.6 Å². The van der Waals surface area contributed by atoms with E-state index in [2.05, 4.69) is 15.4 Å². The number of aryl methyl sites for hydroxylation is 1. The summed E-state index contributed by atoms with van der Waals surface area (Å²) < 4.78 is 14.2. The Labute approximate surface area is 147 Å². The molecule has 6 nitrogen and oxygen atoms in total. The number of carbonyl (C=O) groups is 1. The smallest absolute Gasteiger partial charge is 0.267 e. The number of amides is 1. The number of nitrogens with zero attached hydrogens (tertiary/aromatic N) is 3. The van der Waals surface area contributed by atoms with Gasteiger partial charge in [0.2, 0.25) is 0 Å². The third-order valence-corrected chi connectivity index (χ3v) is 4.39. The molecule has 2 heterocycles. The van der Waals surface area contributed by atoms with Gasteiger partial charge in [0.1, 0.15) is 11.9 Å². The lowest BCUT2D eigenvalue weighted by molar-refractivity contribution is -0.119. The number of hydrogen-bond acceptors (Lipinski definition) is 5. The Morgan fingerprint density at radius 1 is 1.24 bits per heavy atom. The molecule has 0 aliphatic rings. The van der Waals surface area contributed by atoms with Gasteiger partial charge in [0.25, 0.3) is 11.5 Å². The highest BCUT2D eigenvalue weighted by atomic mass is 32.1. The first-order valence-electron chi connectivity index (χ1n) is 7.53. The van der Waals surface area contributed by atoms with Gasteiger partial charge in [-0.05, 0) is 44.2 Å². The minimum absolute atomic E-state index is 0.358. The Hall–Kier alpha value is -2.87. The first-order valence-corrected chi connectivity index (χ1v) is 8.35. The van der Waals surface area contributed by atoms with Gasteiger partial charge < -0.3 is 5.32 Å². The molecule has 0 fully saturated rings. The molecule has 128 valence electrons. The monoisotopic (exact) mass is 358 g/mol. The maximum absolute atomic E-state index is 13.1. The molecule has 1 unspecified atom stereocenters. The van der Waals surface area contributed by atoms with Crippen molar-refractivity contribution < 1.29 is 9.18 Å². The molecule has 0 aliphatic heterocycles. The molecule has 1 aromatic carbocycles. The lowest BCUT2D eigenvalue weighted by atomic mass is 10.1. The van der Waals surface area contributed by atoms with Crippen LogP contribution in [-0.4, -0.2) is 20.7 Å². The molecule has 0 radical (unpaired) electrons. The second kappa shape index (κ2) is 6.94. The molecule has 25 heavy (non-hydrogen) atoms. The number of benzene rings is 1. The zero-order valence-electron chi connectivity index (χ0n) is 13.6. The SMILES string of the molecule is Cc1cnc(NC(=O)C(C)n2nc(-c3ccc(F)cc3)ccc2=O)s1. The second-order valence-corrected chi connectivity index (χ2v) is 6.68. The van der Waals surface area contributed by atoms with Crippen molar-refractivity contribution in [1.29, 1.82) is 0 Å². The van der Waals surface area contributed by atoms with E-state index in [0.29, 0.717) is 16.4 Å². The predicted molar refractivity (Wildman–Crippen MR) is 94.1 cm³/mol. The van der Waals surface area contributed by atoms with Crippen molar-refractivity contribution in [2.24, 2.45) is 0 Å². The normalized spacial score (nSPS) is 12.0. The molecule has 1 atom stereocenters. The van der Waals surface area contributed by atoms with Gasteiger partial charge in [-0.3, -0.25) is 9.59 Å². The Balaban J connectivity index is 1.87. The standard InChI is InChI=1S/C17H15FN4O2S/c1-10-9-19-17(25-10)20-16(24)11(2)22-15(23)8-7-14(21-22)12-3-5-13(18)6-4-12/h3-9,11H,1-2H3,(H,19,20,24). The highest BCUT2D eigenvalue weighted by Gasteiger charge is 2.19. The minimum Gasteiger partial charge on any atom is -0.300 e. The third kappa shape index (κ3) is 3.80. The number of thiazole rings is 1. The van der Waals surface area contributed by atoms with Gasteiger partial charge in [-0.1, -0.05) is 0 Å². The van der Waals surface area contributed by atoms with Crippen LogP contribution in [0.15, 0.2) is 47.4 Å². The van der Waals surface area contributed by atoms with E-state index in [4.69, 9.17) is 0 Å². The summed E-state index contributed by atoms with van der Waals surface area (Å²) in [6.45, 7) is 3.47. The van der Waals surface area contributed by atoms with E-state index in [1.54, 1.807) is 31.3 Å². The average molecular weight is 358 g/mol. The Bertz CT molecular complexity index is 965. The lowest BCUT2D eigenvalue weighted by Crippen LogP contribution is -2.33. The topological polar surface area (TPSA) is 76.9 Å². The van der Waals surface area contributed by atoms with Crippen LogP contribution in [0.1, 0.15) is 17.8 Å². The summed E-state index contributed by atoms with van der Waals surface area (Å²) in [7, 11) is 0. The lowest BCUT2D eigenvalue weighted by Gasteiger charge is -2.14. The fraction of sp³-hybridized carbons (Fsp3) is 0.176. The first kappa shape index (κ1) is 17.0. The molecule has 1 amide bonds. The van der Waals surface area contributed by atoms with Gasteiger partial charge in [0.05, 0.1) is 5.69 Å². The highest BCUT2D eigenvalue weighted by molar-refractivity contribution is 7.15. The molecule has 0 saturated heterocycles. The summed E-state index contributed by atoms with van der Waals surface area (Å²) in [6.07, 6.45) is 1.66. The summed E-state index contributed by atoms with van der Waals surface area (Å²) in [4.78, 5) is 29.5. The molecule has 3 aromatic rings. The number of halogens is 1. The second-order valence-electron chi connectivity index (χ2n) is 5.45. The zero-order chi connectivity index (χ0) is 18.0. The van der Waals surface area contributed by atoms with Gasteiger partial charge >= 0.3 is 0 Å². The maximum Gasteiger partial charge on any atom is 0.267 e. The van der Waals surface area contributed by atoms with Crippen LogP contribution in [0.2, 0.25) is 0 Å². The Morgan fingerprint density at radius 3 is 2.60 bits per heavy atom. The van der Waals surface area contributed by atoms with E-state index in [1.807, 2.05) is 6.92 Å². The number of hydrogen-bond donors (Lipinski definition) is 1. The van der Waals surface area contributed by atoms with Crippen molar-refractivity contribution in [2.75, 3.05) is 5.32 Å². The fourth-order valence-corrected chi connectivity index (χ4v) is 2.88. The van der Waals surface area contributed by atoms with Crippen LogP contribution in [0.5, 0.6) is 0 Å². The van der Waals surface area contributed by atoms with Crippen molar-refractivity contribution >= 4 is 22.4 Å². The number of nitrogens with one attached hydrogen (secondary N) is 1. The molecule has 8 heteroatoms. The third-order valence-electron chi connectivity index (χ3n) is 3.56. The van der Waals surface area contributed by atoms with Crippen LogP contribution in [-0.2, 0) is 4.79 Å². The highest BCUT2D eigenvalue weighted by Crippen LogP contribution is 2.19. The largest absolute Gasteiger partial charge is 0.300 e. The fourth-order valence-electron chi connectivity index (χ4n) is 2.21. The summed E-state index contributed by atoms with van der Waals surface area (Å²) in [5.74, 6) is -0.747. The van der Waals surface area contributed by atoms with Gasteiger partial charge in [-0.25, -0.2) is 14.1 Å². The average Bonchev–Trinajstić information content (AvgIpc) is 3.00. The van der Waals surface area contributed by atoms with Crippen LogP contribution in [0.25, 0.3) is 11.3 Å². The maximum atomic E-state index is 13.1. The summed E-state index contributed by atoms with van der Waals surface area (Å²) in [5, 5.41) is 7.39. The van der Waals surface area contributed by atoms with E-state index < -0.39 is 11.6 Å². The van der Waals surface area contributed by atoms with E-state index in [9.17, 15) is 14.0 Å². The first-order chi connectivity index (χ1) is 11.9. The van der Waals surface area contributed by atoms with Gasteiger partial charge in [0, 0.05) is 22.7 Å². The molecular weight excluding hydrogens is 343 g/mol. The van der Waals surface area contributed by atoms with E-state index in [0.717, 1.165) is 9.56 Å². The van der Waals surface area contributed by atoms with E-state index >= 15 is 0 Å². The van der Waals surface area contributed by atoms with Gasteiger partial charge in [-0.2, -0.15) is 5.10 Å². The number of rotatable bonds is 4. The quantitative estimate of drug-likeness (QED) is 0.778.